The maximum atomic E-state index is 13.7. The zero-order chi connectivity index (χ0) is 29.6. The van der Waals surface area contributed by atoms with Crippen LogP contribution in [0.2, 0.25) is 0 Å². The van der Waals surface area contributed by atoms with Crippen LogP contribution >= 0.6 is 11.8 Å². The average Bonchev–Trinajstić information content (AvgIpc) is 3.49. The number of thioether (sulfide) groups is 1. The van der Waals surface area contributed by atoms with Crippen molar-refractivity contribution in [3.63, 3.8) is 0 Å². The van der Waals surface area contributed by atoms with Gasteiger partial charge >= 0.3 is 6.03 Å². The van der Waals surface area contributed by atoms with Gasteiger partial charge in [-0.2, -0.15) is 0 Å². The van der Waals surface area contributed by atoms with Gasteiger partial charge in [0.15, 0.2) is 0 Å². The lowest BCUT2D eigenvalue weighted by Gasteiger charge is -2.24. The number of aliphatic imine (C=N–C) groups is 1. The second-order valence-corrected chi connectivity index (χ2v) is 12.3. The Bertz CT molecular complexity index is 1310. The maximum Gasteiger partial charge on any atom is 0.331 e. The summed E-state index contributed by atoms with van der Waals surface area (Å²) in [6, 6.07) is 8.73. The van der Waals surface area contributed by atoms with Gasteiger partial charge in [0, 0.05) is 42.8 Å². The third-order valence-corrected chi connectivity index (χ3v) is 9.06. The van der Waals surface area contributed by atoms with Crippen molar-refractivity contribution in [1.82, 2.24) is 14.8 Å². The van der Waals surface area contributed by atoms with E-state index in [0.717, 1.165) is 94.3 Å². The number of fused-ring (bicyclic) bond motifs is 2. The summed E-state index contributed by atoms with van der Waals surface area (Å²) in [5.41, 5.74) is 2.89. The molecule has 2 heterocycles. The minimum Gasteiger partial charge on any atom is -0.494 e. The van der Waals surface area contributed by atoms with Crippen LogP contribution in [0.1, 0.15) is 71.6 Å². The molecular weight excluding hydrogens is 544 g/mol. The predicted molar refractivity (Wildman–Crippen MR) is 178 cm³/mol. The largest absolute Gasteiger partial charge is 0.494 e. The number of rotatable bonds is 17. The first kappa shape index (κ1) is 32.1. The van der Waals surface area contributed by atoms with E-state index in [4.69, 9.17) is 9.73 Å². The molecule has 0 saturated heterocycles. The van der Waals surface area contributed by atoms with Crippen LogP contribution in [0, 0.1) is 0 Å². The quantitative estimate of drug-likeness (QED) is 0.204. The van der Waals surface area contributed by atoms with Crippen molar-refractivity contribution in [3.05, 3.63) is 64.5 Å². The highest BCUT2D eigenvalue weighted by Gasteiger charge is 2.24. The second kappa shape index (κ2) is 17.3. The van der Waals surface area contributed by atoms with E-state index in [-0.39, 0.29) is 11.6 Å². The van der Waals surface area contributed by atoms with Crippen molar-refractivity contribution >= 4 is 34.4 Å². The summed E-state index contributed by atoms with van der Waals surface area (Å²) >= 11 is 2.01. The average molecular weight is 593 g/mol. The Labute approximate surface area is 255 Å². The monoisotopic (exact) mass is 592 g/mol. The van der Waals surface area contributed by atoms with Crippen LogP contribution in [0.3, 0.4) is 0 Å². The molecule has 228 valence electrons. The number of carbonyl (C=O) groups is 1. The van der Waals surface area contributed by atoms with Crippen LogP contribution in [0.25, 0.3) is 10.9 Å². The Morgan fingerprint density at radius 2 is 1.83 bits per heavy atom. The normalized spacial score (nSPS) is 17.0. The Morgan fingerprint density at radius 1 is 1.05 bits per heavy atom. The minimum absolute atomic E-state index is 0.232. The summed E-state index contributed by atoms with van der Waals surface area (Å²) in [6.07, 6.45) is 16.0. The van der Waals surface area contributed by atoms with E-state index in [2.05, 4.69) is 37.4 Å². The Hall–Kier alpha value is -2.84. The van der Waals surface area contributed by atoms with E-state index in [1.165, 1.54) is 16.2 Å². The summed E-state index contributed by atoms with van der Waals surface area (Å²) in [5.74, 6) is 1.79. The first-order valence-electron chi connectivity index (χ1n) is 15.9. The number of unbranched alkanes of at least 4 members (excludes halogenated alkanes) is 5. The molecule has 2 aliphatic rings. The van der Waals surface area contributed by atoms with Crippen LogP contribution in [0.5, 0.6) is 5.75 Å². The molecular formula is C34H48N4O3S. The molecule has 0 bridgehead atoms. The molecule has 1 unspecified atom stereocenters. The standard InChI is InChI=1S/C34H48N4O3S/c1-3-5-8-22-37(23-9-6-4-2)34(40)38-31-26-28(16-14-27(31)15-17-33(38)39)41-24-10-7-19-35-20-21-36-30-12-11-13-32-29(30)18-25-42-32/h11-12,14-18,26,32,35H,3-10,13,19-25H2,1-2H3. The first-order chi connectivity index (χ1) is 20.6. The summed E-state index contributed by atoms with van der Waals surface area (Å²) in [4.78, 5) is 33.3. The lowest BCUT2D eigenvalue weighted by molar-refractivity contribution is 0.197. The topological polar surface area (TPSA) is 75.9 Å². The Balaban J connectivity index is 1.26. The summed E-state index contributed by atoms with van der Waals surface area (Å²) < 4.78 is 7.38. The van der Waals surface area contributed by atoms with Crippen molar-refractivity contribution in [2.24, 2.45) is 4.99 Å². The van der Waals surface area contributed by atoms with Gasteiger partial charge in [0.1, 0.15) is 5.75 Å². The van der Waals surface area contributed by atoms with E-state index in [9.17, 15) is 9.59 Å². The summed E-state index contributed by atoms with van der Waals surface area (Å²) in [5, 5.41) is 4.95. The van der Waals surface area contributed by atoms with Gasteiger partial charge in [0.25, 0.3) is 5.56 Å². The number of carbonyl (C=O) groups excluding carboxylic acids is 1. The molecule has 2 aromatic rings. The Morgan fingerprint density at radius 3 is 2.62 bits per heavy atom. The number of amides is 1. The van der Waals surface area contributed by atoms with Crippen molar-refractivity contribution < 1.29 is 9.53 Å². The molecule has 7 nitrogen and oxygen atoms in total. The molecule has 0 spiro atoms. The molecule has 1 amide bonds. The molecule has 0 saturated carbocycles. The highest BCUT2D eigenvalue weighted by molar-refractivity contribution is 8.00. The summed E-state index contributed by atoms with van der Waals surface area (Å²) in [6.45, 7) is 8.82. The van der Waals surface area contributed by atoms with E-state index < -0.39 is 0 Å². The number of nitrogens with zero attached hydrogens (tertiary/aromatic N) is 3. The maximum absolute atomic E-state index is 13.7. The zero-order valence-corrected chi connectivity index (χ0v) is 26.3. The van der Waals surface area contributed by atoms with Gasteiger partial charge in [-0.15, -0.1) is 11.8 Å². The fourth-order valence-corrected chi connectivity index (χ4v) is 6.61. The van der Waals surface area contributed by atoms with Gasteiger partial charge in [0.05, 0.1) is 24.4 Å². The SMILES string of the molecule is CCCCCN(CCCCC)C(=O)n1c(=O)ccc2ccc(OCCCCNCCN=C3C=CCC4SCC=C34)cc21. The van der Waals surface area contributed by atoms with Gasteiger partial charge in [-0.1, -0.05) is 51.7 Å². The second-order valence-electron chi connectivity index (χ2n) is 11.1. The van der Waals surface area contributed by atoms with Crippen LogP contribution in [0.4, 0.5) is 4.79 Å². The zero-order valence-electron chi connectivity index (χ0n) is 25.5. The molecule has 42 heavy (non-hydrogen) atoms. The lowest BCUT2D eigenvalue weighted by Crippen LogP contribution is -2.41. The summed E-state index contributed by atoms with van der Waals surface area (Å²) in [7, 11) is 0. The number of hydrogen-bond donors (Lipinski definition) is 1. The van der Waals surface area contributed by atoms with Gasteiger partial charge in [-0.25, -0.2) is 9.36 Å². The fraction of sp³-hybridized carbons (Fsp3) is 0.559. The van der Waals surface area contributed by atoms with E-state index in [1.54, 1.807) is 6.07 Å². The van der Waals surface area contributed by atoms with Crippen molar-refractivity contribution in [2.45, 2.75) is 76.9 Å². The predicted octanol–water partition coefficient (Wildman–Crippen LogP) is 6.84. The number of benzene rings is 1. The van der Waals surface area contributed by atoms with Crippen LogP contribution in [-0.4, -0.2) is 71.5 Å². The molecule has 1 aromatic heterocycles. The molecule has 1 aliphatic carbocycles. The van der Waals surface area contributed by atoms with Crippen LogP contribution < -0.4 is 15.6 Å². The number of pyridine rings is 1. The fourth-order valence-electron chi connectivity index (χ4n) is 5.46. The molecule has 1 N–H and O–H groups in total. The first-order valence-corrected chi connectivity index (χ1v) is 17.0. The minimum atomic E-state index is -0.296. The number of hydrogen-bond acceptors (Lipinski definition) is 6. The number of ether oxygens (including phenoxy) is 1. The van der Waals surface area contributed by atoms with Crippen molar-refractivity contribution in [1.29, 1.82) is 0 Å². The Kier molecular flexibility index (Phi) is 13.2. The van der Waals surface area contributed by atoms with E-state index in [1.807, 2.05) is 34.9 Å². The molecule has 1 aromatic carbocycles. The van der Waals surface area contributed by atoms with E-state index in [0.29, 0.717) is 36.2 Å². The third-order valence-electron chi connectivity index (χ3n) is 7.85. The molecule has 8 heteroatoms. The highest BCUT2D eigenvalue weighted by Crippen LogP contribution is 2.33. The number of allylic oxidation sites excluding steroid dienone is 2. The van der Waals surface area contributed by atoms with Gasteiger partial charge < -0.3 is 15.0 Å². The van der Waals surface area contributed by atoms with Crippen LogP contribution in [0.15, 0.2) is 63.9 Å². The highest BCUT2D eigenvalue weighted by atomic mass is 32.2. The number of nitrogens with one attached hydrogen (secondary N) is 1. The van der Waals surface area contributed by atoms with Crippen molar-refractivity contribution in [3.8, 4) is 5.75 Å². The van der Waals surface area contributed by atoms with Gasteiger partial charge in [0.2, 0.25) is 0 Å². The van der Waals surface area contributed by atoms with E-state index >= 15 is 0 Å². The molecule has 0 fully saturated rings. The molecule has 4 rings (SSSR count). The lowest BCUT2D eigenvalue weighted by atomic mass is 9.98. The third kappa shape index (κ3) is 9.08. The molecule has 1 aliphatic heterocycles. The smallest absolute Gasteiger partial charge is 0.331 e. The van der Waals surface area contributed by atoms with Crippen molar-refractivity contribution in [2.75, 3.05) is 45.1 Å². The van der Waals surface area contributed by atoms with Gasteiger partial charge in [-0.05, 0) is 73.9 Å². The van der Waals surface area contributed by atoms with Crippen LogP contribution in [-0.2, 0) is 0 Å². The van der Waals surface area contributed by atoms with Gasteiger partial charge in [-0.3, -0.25) is 9.79 Å². The molecule has 0 radical (unpaired) electrons. The molecule has 1 atom stereocenters. The number of aromatic nitrogens is 1.